The molecule has 0 aromatic carbocycles. The number of amides is 1. The van der Waals surface area contributed by atoms with Crippen LogP contribution in [0.1, 0.15) is 30.3 Å². The molecule has 2 heterocycles. The van der Waals surface area contributed by atoms with Crippen LogP contribution in [0.25, 0.3) is 0 Å². The highest BCUT2D eigenvalue weighted by Gasteiger charge is 2.24. The number of nitro groups is 1. The van der Waals surface area contributed by atoms with Gasteiger partial charge in [0.2, 0.25) is 0 Å². The molecular formula is C13H20N4O3. The summed E-state index contributed by atoms with van der Waals surface area (Å²) in [6.07, 6.45) is 3.55. The van der Waals surface area contributed by atoms with E-state index >= 15 is 0 Å². The highest BCUT2D eigenvalue weighted by Crippen LogP contribution is 2.17. The number of nitrogens with zero attached hydrogens (tertiary/aromatic N) is 2. The average molecular weight is 280 g/mol. The minimum absolute atomic E-state index is 0.0456. The van der Waals surface area contributed by atoms with E-state index in [1.54, 1.807) is 7.05 Å². The van der Waals surface area contributed by atoms with Gasteiger partial charge in [-0.25, -0.2) is 0 Å². The van der Waals surface area contributed by atoms with Gasteiger partial charge in [-0.1, -0.05) is 0 Å². The van der Waals surface area contributed by atoms with E-state index < -0.39 is 4.92 Å². The van der Waals surface area contributed by atoms with Crippen molar-refractivity contribution < 1.29 is 9.72 Å². The summed E-state index contributed by atoms with van der Waals surface area (Å²) in [5, 5.41) is 17.0. The van der Waals surface area contributed by atoms with E-state index in [1.165, 1.54) is 16.8 Å². The average Bonchev–Trinajstić information content (AvgIpc) is 2.82. The molecule has 7 heteroatoms. The predicted octanol–water partition coefficient (Wildman–Crippen LogP) is 1.05. The van der Waals surface area contributed by atoms with Gasteiger partial charge in [0.05, 0.1) is 11.1 Å². The van der Waals surface area contributed by atoms with E-state index in [9.17, 15) is 14.9 Å². The topological polar surface area (TPSA) is 89.2 Å². The lowest BCUT2D eigenvalue weighted by Gasteiger charge is -2.28. The summed E-state index contributed by atoms with van der Waals surface area (Å²) < 4.78 is 1.49. The molecule has 1 amide bonds. The molecule has 1 aromatic heterocycles. The van der Waals surface area contributed by atoms with E-state index in [-0.39, 0.29) is 17.6 Å². The lowest BCUT2D eigenvalue weighted by molar-refractivity contribution is -0.384. The van der Waals surface area contributed by atoms with Crippen LogP contribution >= 0.6 is 0 Å². The summed E-state index contributed by atoms with van der Waals surface area (Å²) in [7, 11) is 1.63. The van der Waals surface area contributed by atoms with Crippen LogP contribution in [0, 0.1) is 16.0 Å². The zero-order valence-electron chi connectivity index (χ0n) is 11.8. The van der Waals surface area contributed by atoms with Gasteiger partial charge in [-0.05, 0) is 38.8 Å². The summed E-state index contributed by atoms with van der Waals surface area (Å²) in [4.78, 5) is 22.4. The van der Waals surface area contributed by atoms with Crippen molar-refractivity contribution in [3.63, 3.8) is 0 Å². The first-order chi connectivity index (χ1) is 9.49. The second-order valence-electron chi connectivity index (χ2n) is 5.32. The van der Waals surface area contributed by atoms with E-state index in [2.05, 4.69) is 10.6 Å². The Morgan fingerprint density at radius 1 is 1.65 bits per heavy atom. The number of nitrogens with one attached hydrogen (secondary N) is 2. The maximum atomic E-state index is 12.2. The van der Waals surface area contributed by atoms with Crippen LogP contribution in [0.4, 0.5) is 5.69 Å². The Labute approximate surface area is 117 Å². The van der Waals surface area contributed by atoms with Crippen LogP contribution < -0.4 is 10.6 Å². The third-order valence-electron chi connectivity index (χ3n) is 3.83. The zero-order chi connectivity index (χ0) is 14.7. The minimum Gasteiger partial charge on any atom is -0.348 e. The van der Waals surface area contributed by atoms with Gasteiger partial charge < -0.3 is 15.2 Å². The van der Waals surface area contributed by atoms with Crippen LogP contribution in [0.15, 0.2) is 12.3 Å². The van der Waals surface area contributed by atoms with Gasteiger partial charge in [-0.3, -0.25) is 14.9 Å². The SMILES string of the molecule is CC(NC(=O)c1cc([N+](=O)[O-])cn1C)C1CCCNC1. The van der Waals surface area contributed by atoms with Crippen molar-refractivity contribution in [3.8, 4) is 0 Å². The molecule has 0 spiro atoms. The molecule has 2 unspecified atom stereocenters. The van der Waals surface area contributed by atoms with Crippen LogP contribution in [0.5, 0.6) is 0 Å². The maximum Gasteiger partial charge on any atom is 0.287 e. The molecule has 0 bridgehead atoms. The summed E-state index contributed by atoms with van der Waals surface area (Å²) in [6, 6.07) is 1.35. The Hall–Kier alpha value is -1.89. The van der Waals surface area contributed by atoms with Gasteiger partial charge >= 0.3 is 0 Å². The molecule has 0 radical (unpaired) electrons. The Bertz CT molecular complexity index is 506. The molecule has 110 valence electrons. The molecule has 2 rings (SSSR count). The van der Waals surface area contributed by atoms with Crippen molar-refractivity contribution in [2.24, 2.45) is 13.0 Å². The molecule has 1 aromatic rings. The Kier molecular flexibility index (Phi) is 4.39. The first kappa shape index (κ1) is 14.5. The smallest absolute Gasteiger partial charge is 0.287 e. The number of carbonyl (C=O) groups excluding carboxylic acids is 1. The number of aromatic nitrogens is 1. The van der Waals surface area contributed by atoms with Crippen LogP contribution in [-0.4, -0.2) is 34.5 Å². The summed E-state index contributed by atoms with van der Waals surface area (Å²) >= 11 is 0. The molecule has 1 saturated heterocycles. The summed E-state index contributed by atoms with van der Waals surface area (Å²) in [6.45, 7) is 3.91. The number of rotatable bonds is 4. The lowest BCUT2D eigenvalue weighted by Crippen LogP contribution is -2.44. The second kappa shape index (κ2) is 6.04. The van der Waals surface area contributed by atoms with Crippen molar-refractivity contribution in [1.82, 2.24) is 15.2 Å². The van der Waals surface area contributed by atoms with Crippen molar-refractivity contribution in [3.05, 3.63) is 28.1 Å². The molecule has 0 aliphatic carbocycles. The molecule has 2 atom stereocenters. The highest BCUT2D eigenvalue weighted by molar-refractivity contribution is 5.93. The Morgan fingerprint density at radius 3 is 2.95 bits per heavy atom. The van der Waals surface area contributed by atoms with Crippen molar-refractivity contribution in [1.29, 1.82) is 0 Å². The maximum absolute atomic E-state index is 12.2. The van der Waals surface area contributed by atoms with E-state index in [1.807, 2.05) is 6.92 Å². The third kappa shape index (κ3) is 3.16. The van der Waals surface area contributed by atoms with Crippen LogP contribution in [0.2, 0.25) is 0 Å². The number of hydrogen-bond donors (Lipinski definition) is 2. The first-order valence-corrected chi connectivity index (χ1v) is 6.81. The molecule has 20 heavy (non-hydrogen) atoms. The molecule has 0 saturated carbocycles. The fourth-order valence-corrected chi connectivity index (χ4v) is 2.58. The quantitative estimate of drug-likeness (QED) is 0.637. The van der Waals surface area contributed by atoms with Gasteiger partial charge in [0.25, 0.3) is 11.6 Å². The van der Waals surface area contributed by atoms with Gasteiger partial charge in [-0.2, -0.15) is 0 Å². The van der Waals surface area contributed by atoms with Gasteiger partial charge in [0.1, 0.15) is 5.69 Å². The van der Waals surface area contributed by atoms with Crippen molar-refractivity contribution >= 4 is 11.6 Å². The number of hydrogen-bond acceptors (Lipinski definition) is 4. The number of piperidine rings is 1. The molecule has 1 aliphatic rings. The monoisotopic (exact) mass is 280 g/mol. The Balaban J connectivity index is 2.02. The standard InChI is InChI=1S/C13H20N4O3/c1-9(10-4-3-5-14-7-10)15-13(18)12-6-11(17(19)20)8-16(12)2/h6,8-10,14H,3-5,7H2,1-2H3,(H,15,18). The van der Waals surface area contributed by atoms with E-state index in [4.69, 9.17) is 0 Å². The normalized spacial score (nSPS) is 20.4. The molecular weight excluding hydrogens is 260 g/mol. The van der Waals surface area contributed by atoms with Gasteiger partial charge in [0.15, 0.2) is 0 Å². The van der Waals surface area contributed by atoms with E-state index in [0.29, 0.717) is 11.6 Å². The van der Waals surface area contributed by atoms with Gasteiger partial charge in [-0.15, -0.1) is 0 Å². The molecule has 7 nitrogen and oxygen atoms in total. The molecule has 1 fully saturated rings. The van der Waals surface area contributed by atoms with Crippen LogP contribution in [0.3, 0.4) is 0 Å². The van der Waals surface area contributed by atoms with Crippen molar-refractivity contribution in [2.75, 3.05) is 13.1 Å². The fourth-order valence-electron chi connectivity index (χ4n) is 2.58. The van der Waals surface area contributed by atoms with Crippen LogP contribution in [-0.2, 0) is 7.05 Å². The summed E-state index contributed by atoms with van der Waals surface area (Å²) in [5.41, 5.74) is 0.247. The number of carbonyl (C=O) groups is 1. The second-order valence-corrected chi connectivity index (χ2v) is 5.32. The molecule has 2 N–H and O–H groups in total. The largest absolute Gasteiger partial charge is 0.348 e. The molecule has 1 aliphatic heterocycles. The summed E-state index contributed by atoms with van der Waals surface area (Å²) in [5.74, 6) is 0.140. The van der Waals surface area contributed by atoms with E-state index in [0.717, 1.165) is 25.9 Å². The zero-order valence-corrected chi connectivity index (χ0v) is 11.8. The third-order valence-corrected chi connectivity index (χ3v) is 3.83. The lowest BCUT2D eigenvalue weighted by atomic mass is 9.93. The highest BCUT2D eigenvalue weighted by atomic mass is 16.6. The number of aryl methyl sites for hydroxylation is 1. The Morgan fingerprint density at radius 2 is 2.40 bits per heavy atom. The van der Waals surface area contributed by atoms with Crippen molar-refractivity contribution in [2.45, 2.75) is 25.8 Å². The predicted molar refractivity (Wildman–Crippen MR) is 74.6 cm³/mol. The van der Waals surface area contributed by atoms with Gasteiger partial charge in [0, 0.05) is 19.2 Å². The first-order valence-electron chi connectivity index (χ1n) is 6.81. The fraction of sp³-hybridized carbons (Fsp3) is 0.615. The minimum atomic E-state index is -0.495.